The van der Waals surface area contributed by atoms with Crippen LogP contribution in [0.2, 0.25) is 0 Å². The molecule has 0 saturated heterocycles. The highest BCUT2D eigenvalue weighted by molar-refractivity contribution is 6.00. The van der Waals surface area contributed by atoms with Crippen LogP contribution in [0.4, 0.5) is 5.82 Å². The number of ether oxygens (including phenoxy) is 1. The molecule has 3 aromatic rings. The molecular formula is C16H18N8O3. The van der Waals surface area contributed by atoms with Crippen molar-refractivity contribution in [2.45, 2.75) is 20.8 Å². The maximum absolute atomic E-state index is 12.6. The molecule has 0 aliphatic rings. The van der Waals surface area contributed by atoms with E-state index in [4.69, 9.17) is 10.5 Å². The van der Waals surface area contributed by atoms with Gasteiger partial charge in [-0.1, -0.05) is 5.21 Å². The third-order valence-electron chi connectivity index (χ3n) is 3.66. The second kappa shape index (κ2) is 7.64. The highest BCUT2D eigenvalue weighted by Crippen LogP contribution is 2.15. The Hall–Kier alpha value is -3.76. The van der Waals surface area contributed by atoms with Crippen LogP contribution >= 0.6 is 0 Å². The van der Waals surface area contributed by atoms with Crippen molar-refractivity contribution >= 4 is 17.4 Å². The number of nitrogen functional groups attached to an aromatic ring is 1. The van der Waals surface area contributed by atoms with E-state index in [1.165, 1.54) is 0 Å². The molecule has 0 spiro atoms. The molecule has 11 nitrogen and oxygen atoms in total. The smallest absolute Gasteiger partial charge is 0.292 e. The van der Waals surface area contributed by atoms with Crippen molar-refractivity contribution in [3.63, 3.8) is 0 Å². The molecule has 11 heteroatoms. The summed E-state index contributed by atoms with van der Waals surface area (Å²) in [7, 11) is 0. The van der Waals surface area contributed by atoms with Gasteiger partial charge >= 0.3 is 0 Å². The number of amides is 1. The van der Waals surface area contributed by atoms with Crippen molar-refractivity contribution in [1.29, 1.82) is 0 Å². The van der Waals surface area contributed by atoms with Crippen molar-refractivity contribution < 1.29 is 14.2 Å². The first-order valence-corrected chi connectivity index (χ1v) is 8.09. The number of nitrogens with one attached hydrogen (secondary N) is 1. The summed E-state index contributed by atoms with van der Waals surface area (Å²) in [5.74, 6) is 0.309. The van der Waals surface area contributed by atoms with Gasteiger partial charge in [0.2, 0.25) is 11.6 Å². The number of rotatable bonds is 6. The van der Waals surface area contributed by atoms with Gasteiger partial charge in [0.25, 0.3) is 5.91 Å². The Morgan fingerprint density at radius 1 is 1.33 bits per heavy atom. The Balaban J connectivity index is 1.79. The van der Waals surface area contributed by atoms with Gasteiger partial charge in [-0.05, 0) is 60.9 Å². The van der Waals surface area contributed by atoms with Crippen LogP contribution in [0.3, 0.4) is 0 Å². The molecule has 2 aromatic heterocycles. The summed E-state index contributed by atoms with van der Waals surface area (Å²) in [6, 6.07) is 7.38. The Morgan fingerprint density at radius 2 is 2.07 bits per heavy atom. The number of aromatic nitrogens is 5. The summed E-state index contributed by atoms with van der Waals surface area (Å²) in [5.41, 5.74) is 10.1. The average Bonchev–Trinajstić information content (AvgIpc) is 3.25. The Kier molecular flexibility index (Phi) is 5.11. The monoisotopic (exact) mass is 370 g/mol. The molecule has 3 N–H and O–H groups in total. The van der Waals surface area contributed by atoms with E-state index in [9.17, 15) is 4.79 Å². The van der Waals surface area contributed by atoms with Crippen LogP contribution in [0.5, 0.6) is 5.75 Å². The number of hydrogen-bond donors (Lipinski definition) is 2. The highest BCUT2D eigenvalue weighted by atomic mass is 16.6. The molecule has 1 amide bonds. The Bertz CT molecular complexity index is 974. The van der Waals surface area contributed by atoms with E-state index in [1.807, 2.05) is 31.2 Å². The Labute approximate surface area is 154 Å². The molecule has 0 fully saturated rings. The van der Waals surface area contributed by atoms with Gasteiger partial charge in [0, 0.05) is 0 Å². The van der Waals surface area contributed by atoms with Gasteiger partial charge in [-0.25, -0.2) is 10.1 Å². The predicted octanol–water partition coefficient (Wildman–Crippen LogP) is 1.09. The number of hydrogen-bond acceptors (Lipinski definition) is 9. The zero-order valence-corrected chi connectivity index (χ0v) is 15.0. The van der Waals surface area contributed by atoms with Gasteiger partial charge < -0.3 is 10.5 Å². The molecule has 3 rings (SSSR count). The van der Waals surface area contributed by atoms with E-state index in [2.05, 4.69) is 35.8 Å². The average molecular weight is 370 g/mol. The molecule has 2 heterocycles. The van der Waals surface area contributed by atoms with Gasteiger partial charge in [-0.2, -0.15) is 9.78 Å². The van der Waals surface area contributed by atoms with E-state index in [-0.39, 0.29) is 17.3 Å². The van der Waals surface area contributed by atoms with E-state index < -0.39 is 5.91 Å². The number of carbonyl (C=O) groups is 1. The summed E-state index contributed by atoms with van der Waals surface area (Å²) >= 11 is 0. The molecule has 140 valence electrons. The van der Waals surface area contributed by atoms with Gasteiger partial charge in [0.05, 0.1) is 18.0 Å². The molecular weight excluding hydrogens is 352 g/mol. The fourth-order valence-electron chi connectivity index (χ4n) is 2.31. The second-order valence-electron chi connectivity index (χ2n) is 5.50. The summed E-state index contributed by atoms with van der Waals surface area (Å²) in [4.78, 5) is 12.6. The lowest BCUT2D eigenvalue weighted by molar-refractivity contribution is 0.0946. The second-order valence-corrected chi connectivity index (χ2v) is 5.50. The van der Waals surface area contributed by atoms with Crippen molar-refractivity contribution in [1.82, 2.24) is 30.7 Å². The molecule has 0 aliphatic carbocycles. The van der Waals surface area contributed by atoms with Crippen LogP contribution in [0, 0.1) is 6.92 Å². The van der Waals surface area contributed by atoms with Gasteiger partial charge in [-0.15, -0.1) is 5.10 Å². The molecule has 0 bridgehead atoms. The van der Waals surface area contributed by atoms with E-state index in [1.54, 1.807) is 13.8 Å². The molecule has 0 radical (unpaired) electrons. The number of nitrogens with two attached hydrogens (primary N) is 1. The first-order valence-electron chi connectivity index (χ1n) is 8.09. The van der Waals surface area contributed by atoms with E-state index in [0.717, 1.165) is 16.0 Å². The molecule has 27 heavy (non-hydrogen) atoms. The molecule has 1 aromatic carbocycles. The minimum absolute atomic E-state index is 0.0111. The van der Waals surface area contributed by atoms with Crippen LogP contribution in [-0.4, -0.2) is 43.5 Å². The molecule has 0 unspecified atom stereocenters. The van der Waals surface area contributed by atoms with Gasteiger partial charge in [0.1, 0.15) is 5.75 Å². The maximum atomic E-state index is 12.6. The predicted molar refractivity (Wildman–Crippen MR) is 95.7 cm³/mol. The zero-order chi connectivity index (χ0) is 19.4. The molecule has 0 atom stereocenters. The lowest BCUT2D eigenvalue weighted by Gasteiger charge is -2.06. The van der Waals surface area contributed by atoms with Crippen LogP contribution in [0.1, 0.15) is 35.6 Å². The normalized spacial score (nSPS) is 11.4. The number of anilines is 1. The van der Waals surface area contributed by atoms with Crippen LogP contribution in [0.15, 0.2) is 34.0 Å². The summed E-state index contributed by atoms with van der Waals surface area (Å²) in [5, 5.41) is 19.0. The molecule has 0 saturated carbocycles. The number of hydrazone groups is 1. The van der Waals surface area contributed by atoms with Crippen LogP contribution in [0.25, 0.3) is 5.82 Å². The first-order chi connectivity index (χ1) is 13.0. The first kappa shape index (κ1) is 18.0. The minimum Gasteiger partial charge on any atom is -0.494 e. The van der Waals surface area contributed by atoms with Crippen molar-refractivity contribution in [3.05, 3.63) is 41.2 Å². The summed E-state index contributed by atoms with van der Waals surface area (Å²) < 4.78 is 11.1. The number of benzene rings is 1. The third kappa shape index (κ3) is 3.76. The van der Waals surface area contributed by atoms with Crippen molar-refractivity contribution in [2.24, 2.45) is 5.10 Å². The number of aryl methyl sites for hydroxylation is 1. The van der Waals surface area contributed by atoms with Crippen LogP contribution in [-0.2, 0) is 0 Å². The van der Waals surface area contributed by atoms with E-state index in [0.29, 0.717) is 18.0 Å². The fraction of sp³-hybridized carbons (Fsp3) is 0.250. The SMILES string of the molecule is CCOc1ccc(C(C)=NNC(=O)c2c(C)nnn2-c2nonc2N)cc1. The zero-order valence-electron chi connectivity index (χ0n) is 15.0. The van der Waals surface area contributed by atoms with Gasteiger partial charge in [-0.3, -0.25) is 4.79 Å². The standard InChI is InChI=1S/C16H18N8O3/c1-4-26-12-7-5-11(6-8-12)9(2)18-20-16(25)13-10(3)19-23-24(13)15-14(17)21-27-22-15/h5-8H,4H2,1-3H3,(H2,17,21)(H,20,25). The maximum Gasteiger partial charge on any atom is 0.292 e. The van der Waals surface area contributed by atoms with Crippen molar-refractivity contribution in [2.75, 3.05) is 12.3 Å². The third-order valence-corrected chi connectivity index (χ3v) is 3.66. The summed E-state index contributed by atoms with van der Waals surface area (Å²) in [6.07, 6.45) is 0. The lowest BCUT2D eigenvalue weighted by Crippen LogP contribution is -2.24. The largest absolute Gasteiger partial charge is 0.494 e. The lowest BCUT2D eigenvalue weighted by atomic mass is 10.1. The Morgan fingerprint density at radius 3 is 2.70 bits per heavy atom. The number of carbonyl (C=O) groups excluding carboxylic acids is 1. The van der Waals surface area contributed by atoms with Gasteiger partial charge in [0.15, 0.2) is 5.69 Å². The fourth-order valence-corrected chi connectivity index (χ4v) is 2.31. The highest BCUT2D eigenvalue weighted by Gasteiger charge is 2.22. The molecule has 0 aliphatic heterocycles. The van der Waals surface area contributed by atoms with Crippen molar-refractivity contribution in [3.8, 4) is 11.6 Å². The number of nitrogens with zero attached hydrogens (tertiary/aromatic N) is 6. The summed E-state index contributed by atoms with van der Waals surface area (Å²) in [6.45, 7) is 5.92. The minimum atomic E-state index is -0.523. The van der Waals surface area contributed by atoms with Crippen LogP contribution < -0.4 is 15.9 Å². The van der Waals surface area contributed by atoms with E-state index >= 15 is 0 Å². The quantitative estimate of drug-likeness (QED) is 0.484. The topological polar surface area (TPSA) is 146 Å².